The minimum atomic E-state index is 0.731. The highest BCUT2D eigenvalue weighted by molar-refractivity contribution is 7.16. The van der Waals surface area contributed by atoms with E-state index in [9.17, 15) is 0 Å². The van der Waals surface area contributed by atoms with Crippen LogP contribution in [0.25, 0.3) is 10.2 Å². The van der Waals surface area contributed by atoms with Crippen LogP contribution in [0.1, 0.15) is 11.1 Å². The Kier molecular flexibility index (Phi) is 3.20. The molecule has 0 amide bonds. The van der Waals surface area contributed by atoms with Gasteiger partial charge in [0.2, 0.25) is 0 Å². The van der Waals surface area contributed by atoms with E-state index in [0.29, 0.717) is 0 Å². The number of hydrogen-bond donors (Lipinski definition) is 1. The molecule has 0 fully saturated rings. The molecule has 0 unspecified atom stereocenters. The van der Waals surface area contributed by atoms with E-state index in [2.05, 4.69) is 39.6 Å². The van der Waals surface area contributed by atoms with E-state index in [1.807, 2.05) is 23.6 Å². The van der Waals surface area contributed by atoms with Gasteiger partial charge in [0, 0.05) is 0 Å². The molecule has 0 bridgehead atoms. The van der Waals surface area contributed by atoms with Gasteiger partial charge >= 0.3 is 0 Å². The number of hydrogen-bond acceptors (Lipinski definition) is 5. The summed E-state index contributed by atoms with van der Waals surface area (Å²) in [5.41, 5.74) is 5.25. The molecule has 3 rings (SSSR count). The van der Waals surface area contributed by atoms with Gasteiger partial charge in [0.25, 0.3) is 0 Å². The van der Waals surface area contributed by atoms with Gasteiger partial charge in [-0.2, -0.15) is 5.10 Å². The number of nitrogens with one attached hydrogen (secondary N) is 1. The van der Waals surface area contributed by atoms with Crippen molar-refractivity contribution in [1.29, 1.82) is 0 Å². The lowest BCUT2D eigenvalue weighted by molar-refractivity contribution is 1.19. The van der Waals surface area contributed by atoms with Gasteiger partial charge in [0.05, 0.1) is 11.6 Å². The van der Waals surface area contributed by atoms with Gasteiger partial charge in [-0.05, 0) is 23.9 Å². The summed E-state index contributed by atoms with van der Waals surface area (Å²) in [6.07, 6.45) is 3.32. The SMILES string of the molecule is Cc1ccc(C=NNc2ncnc3sccc23)cc1. The van der Waals surface area contributed by atoms with Crippen LogP contribution in [0.4, 0.5) is 5.82 Å². The van der Waals surface area contributed by atoms with Gasteiger partial charge in [0.15, 0.2) is 5.82 Å². The number of hydrazone groups is 1. The second kappa shape index (κ2) is 5.16. The Labute approximate surface area is 114 Å². The Balaban J connectivity index is 1.78. The average molecular weight is 268 g/mol. The molecule has 94 valence electrons. The monoisotopic (exact) mass is 268 g/mol. The summed E-state index contributed by atoms with van der Waals surface area (Å²) in [6, 6.07) is 10.2. The van der Waals surface area contributed by atoms with Crippen molar-refractivity contribution in [3.8, 4) is 0 Å². The molecule has 5 heteroatoms. The Hall–Kier alpha value is -2.27. The summed E-state index contributed by atoms with van der Waals surface area (Å²) < 4.78 is 0. The fourth-order valence-corrected chi connectivity index (χ4v) is 2.43. The molecule has 0 spiro atoms. The largest absolute Gasteiger partial charge is 0.261 e. The Morgan fingerprint density at radius 3 is 2.84 bits per heavy atom. The molecule has 0 saturated heterocycles. The van der Waals surface area contributed by atoms with Gasteiger partial charge in [-0.25, -0.2) is 9.97 Å². The number of anilines is 1. The first kappa shape index (κ1) is 11.8. The van der Waals surface area contributed by atoms with E-state index in [4.69, 9.17) is 0 Å². The molecular formula is C14H12N4S. The van der Waals surface area contributed by atoms with Crippen molar-refractivity contribution in [1.82, 2.24) is 9.97 Å². The number of aryl methyl sites for hydroxylation is 1. The van der Waals surface area contributed by atoms with Crippen LogP contribution in [-0.4, -0.2) is 16.2 Å². The lowest BCUT2D eigenvalue weighted by Crippen LogP contribution is -1.94. The van der Waals surface area contributed by atoms with Crippen LogP contribution < -0.4 is 5.43 Å². The zero-order chi connectivity index (χ0) is 13.1. The van der Waals surface area contributed by atoms with Crippen molar-refractivity contribution in [3.05, 3.63) is 53.2 Å². The number of thiophene rings is 1. The summed E-state index contributed by atoms with van der Waals surface area (Å²) in [7, 11) is 0. The second-order valence-electron chi connectivity index (χ2n) is 4.14. The van der Waals surface area contributed by atoms with E-state index in [1.54, 1.807) is 23.9 Å². The average Bonchev–Trinajstić information content (AvgIpc) is 2.90. The molecule has 0 aliphatic carbocycles. The van der Waals surface area contributed by atoms with Crippen molar-refractivity contribution < 1.29 is 0 Å². The molecule has 2 aromatic heterocycles. The quantitative estimate of drug-likeness (QED) is 0.584. The number of fused-ring (bicyclic) bond motifs is 1. The Morgan fingerprint density at radius 2 is 2.00 bits per heavy atom. The van der Waals surface area contributed by atoms with Crippen LogP contribution >= 0.6 is 11.3 Å². The molecule has 0 radical (unpaired) electrons. The smallest absolute Gasteiger partial charge is 0.158 e. The molecular weight excluding hydrogens is 256 g/mol. The van der Waals surface area contributed by atoms with E-state index in [0.717, 1.165) is 21.6 Å². The Bertz CT molecular complexity index is 716. The van der Waals surface area contributed by atoms with E-state index >= 15 is 0 Å². The van der Waals surface area contributed by atoms with E-state index in [-0.39, 0.29) is 0 Å². The summed E-state index contributed by atoms with van der Waals surface area (Å²) in [5.74, 6) is 0.731. The molecule has 19 heavy (non-hydrogen) atoms. The van der Waals surface area contributed by atoms with Gasteiger partial charge in [0.1, 0.15) is 11.2 Å². The molecule has 1 aromatic carbocycles. The molecule has 4 nitrogen and oxygen atoms in total. The van der Waals surface area contributed by atoms with Gasteiger partial charge < -0.3 is 0 Å². The van der Waals surface area contributed by atoms with Crippen LogP contribution in [-0.2, 0) is 0 Å². The number of aromatic nitrogens is 2. The standard InChI is InChI=1S/C14H12N4S/c1-10-2-4-11(5-3-10)8-17-18-13-12-6-7-19-14(12)16-9-15-13/h2-9H,1H3,(H,15,16,18). The zero-order valence-corrected chi connectivity index (χ0v) is 11.2. The molecule has 3 aromatic rings. The Morgan fingerprint density at radius 1 is 1.16 bits per heavy atom. The first-order valence-electron chi connectivity index (χ1n) is 5.87. The summed E-state index contributed by atoms with van der Waals surface area (Å²) >= 11 is 1.59. The van der Waals surface area contributed by atoms with Crippen molar-refractivity contribution in [2.75, 3.05) is 5.43 Å². The highest BCUT2D eigenvalue weighted by atomic mass is 32.1. The molecule has 0 aliphatic rings. The maximum Gasteiger partial charge on any atom is 0.158 e. The maximum absolute atomic E-state index is 4.21. The molecule has 2 heterocycles. The number of nitrogens with zero attached hydrogens (tertiary/aromatic N) is 3. The van der Waals surface area contributed by atoms with Crippen molar-refractivity contribution in [2.24, 2.45) is 5.10 Å². The van der Waals surface area contributed by atoms with Crippen molar-refractivity contribution >= 4 is 33.6 Å². The molecule has 0 saturated carbocycles. The van der Waals surface area contributed by atoms with Gasteiger partial charge in [-0.1, -0.05) is 29.8 Å². The third-order valence-electron chi connectivity index (χ3n) is 2.72. The topological polar surface area (TPSA) is 50.2 Å². The maximum atomic E-state index is 4.21. The first-order chi connectivity index (χ1) is 9.33. The lowest BCUT2D eigenvalue weighted by atomic mass is 10.2. The third kappa shape index (κ3) is 2.61. The molecule has 0 atom stereocenters. The van der Waals surface area contributed by atoms with E-state index in [1.165, 1.54) is 5.56 Å². The van der Waals surface area contributed by atoms with Crippen LogP contribution in [0, 0.1) is 6.92 Å². The summed E-state index contributed by atoms with van der Waals surface area (Å²) in [4.78, 5) is 9.35. The first-order valence-corrected chi connectivity index (χ1v) is 6.75. The van der Waals surface area contributed by atoms with Crippen LogP contribution in [0.3, 0.4) is 0 Å². The third-order valence-corrected chi connectivity index (χ3v) is 3.54. The lowest BCUT2D eigenvalue weighted by Gasteiger charge is -2.00. The minimum Gasteiger partial charge on any atom is -0.261 e. The molecule has 1 N–H and O–H groups in total. The fourth-order valence-electron chi connectivity index (χ4n) is 1.70. The summed E-state index contributed by atoms with van der Waals surface area (Å²) in [6.45, 7) is 2.06. The predicted octanol–water partition coefficient (Wildman–Crippen LogP) is 3.45. The van der Waals surface area contributed by atoms with Crippen LogP contribution in [0.15, 0.2) is 47.1 Å². The highest BCUT2D eigenvalue weighted by Crippen LogP contribution is 2.23. The summed E-state index contributed by atoms with van der Waals surface area (Å²) in [5, 5.41) is 7.20. The minimum absolute atomic E-state index is 0.731. The van der Waals surface area contributed by atoms with Crippen LogP contribution in [0.5, 0.6) is 0 Å². The van der Waals surface area contributed by atoms with Gasteiger partial charge in [-0.15, -0.1) is 11.3 Å². The number of rotatable bonds is 3. The van der Waals surface area contributed by atoms with Crippen molar-refractivity contribution in [2.45, 2.75) is 6.92 Å². The zero-order valence-electron chi connectivity index (χ0n) is 10.4. The molecule has 0 aliphatic heterocycles. The second-order valence-corrected chi connectivity index (χ2v) is 5.04. The normalized spacial score (nSPS) is 11.2. The van der Waals surface area contributed by atoms with E-state index < -0.39 is 0 Å². The predicted molar refractivity (Wildman–Crippen MR) is 79.8 cm³/mol. The van der Waals surface area contributed by atoms with Gasteiger partial charge in [-0.3, -0.25) is 5.43 Å². The fraction of sp³-hybridized carbons (Fsp3) is 0.0714. The van der Waals surface area contributed by atoms with Crippen LogP contribution in [0.2, 0.25) is 0 Å². The van der Waals surface area contributed by atoms with Crippen molar-refractivity contribution in [3.63, 3.8) is 0 Å². The highest BCUT2D eigenvalue weighted by Gasteiger charge is 2.02. The number of benzene rings is 1.